The number of carbonyl (C=O) groups is 3. The van der Waals surface area contributed by atoms with Gasteiger partial charge in [0.05, 0.1) is 41.1 Å². The standard InChI is InChI=1S/C30H34F4N2O9S/c1-29(28(39)40)9-7-17(8-10-29)45-25-14-21(24(44-3)15-22(25)31)27(38)36-23-13-18(43-2)12-20(23)26(37)35-16-5-4-6-19(11-16)46(41,42)30(32,33)34/h4-6,11,14-15,17-18,20,23H,7-10,12-13H2,1-3H3,(H,35,37)(H,36,38)(H,39,40)/t17-,18-,20+,23-,29+/m0/s1. The normalized spacial score (nSPS) is 25.0. The van der Waals surface area contributed by atoms with Crippen molar-refractivity contribution >= 4 is 33.3 Å². The molecule has 0 bridgehead atoms. The summed E-state index contributed by atoms with van der Waals surface area (Å²) in [6.07, 6.45) is 0.713. The molecular formula is C30H34F4N2O9S. The Kier molecular flexibility index (Phi) is 10.2. The number of aliphatic carboxylic acids is 1. The Morgan fingerprint density at radius 2 is 1.67 bits per heavy atom. The Bertz CT molecular complexity index is 1590. The molecule has 2 fully saturated rings. The van der Waals surface area contributed by atoms with Gasteiger partial charge in [0, 0.05) is 24.9 Å². The van der Waals surface area contributed by atoms with Gasteiger partial charge in [0.2, 0.25) is 5.91 Å². The number of carboxylic acid groups (broad SMARTS) is 1. The number of nitrogens with one attached hydrogen (secondary N) is 2. The van der Waals surface area contributed by atoms with Crippen molar-refractivity contribution in [3.05, 3.63) is 47.8 Å². The molecule has 3 N–H and O–H groups in total. The second kappa shape index (κ2) is 13.4. The zero-order valence-electron chi connectivity index (χ0n) is 25.1. The number of carbonyl (C=O) groups excluding carboxylic acids is 2. The average Bonchev–Trinajstić information content (AvgIpc) is 3.41. The van der Waals surface area contributed by atoms with E-state index < -0.39 is 73.4 Å². The summed E-state index contributed by atoms with van der Waals surface area (Å²) in [5, 5.41) is 14.6. The summed E-state index contributed by atoms with van der Waals surface area (Å²) in [5.41, 5.74) is -6.74. The van der Waals surface area contributed by atoms with Gasteiger partial charge in [-0.1, -0.05) is 6.07 Å². The number of anilines is 1. The summed E-state index contributed by atoms with van der Waals surface area (Å²) in [6, 6.07) is 5.03. The summed E-state index contributed by atoms with van der Waals surface area (Å²) >= 11 is 0. The fourth-order valence-corrected chi connectivity index (χ4v) is 6.51. The Hall–Kier alpha value is -3.92. The molecule has 2 aliphatic carbocycles. The van der Waals surface area contributed by atoms with Gasteiger partial charge >= 0.3 is 11.5 Å². The van der Waals surface area contributed by atoms with E-state index in [2.05, 4.69) is 10.6 Å². The van der Waals surface area contributed by atoms with E-state index in [9.17, 15) is 45.5 Å². The van der Waals surface area contributed by atoms with Gasteiger partial charge in [0.25, 0.3) is 15.7 Å². The summed E-state index contributed by atoms with van der Waals surface area (Å²) in [5.74, 6) is -4.45. The van der Waals surface area contributed by atoms with E-state index in [1.54, 1.807) is 6.92 Å². The van der Waals surface area contributed by atoms with Crippen LogP contribution in [0.3, 0.4) is 0 Å². The fourth-order valence-electron chi connectivity index (χ4n) is 5.70. The minimum absolute atomic E-state index is 0.102. The van der Waals surface area contributed by atoms with E-state index in [-0.39, 0.29) is 35.6 Å². The van der Waals surface area contributed by atoms with Crippen LogP contribution < -0.4 is 20.1 Å². The van der Waals surface area contributed by atoms with Gasteiger partial charge in [-0.25, -0.2) is 12.8 Å². The van der Waals surface area contributed by atoms with E-state index in [0.717, 1.165) is 18.2 Å². The van der Waals surface area contributed by atoms with Crippen LogP contribution in [0.2, 0.25) is 0 Å². The summed E-state index contributed by atoms with van der Waals surface area (Å²) < 4.78 is 94.2. The molecule has 2 aliphatic rings. The van der Waals surface area contributed by atoms with Gasteiger partial charge in [0.1, 0.15) is 5.75 Å². The van der Waals surface area contributed by atoms with Crippen molar-refractivity contribution in [2.75, 3.05) is 19.5 Å². The molecule has 11 nitrogen and oxygen atoms in total. The summed E-state index contributed by atoms with van der Waals surface area (Å²) in [6.45, 7) is 1.64. The number of amides is 2. The maximum Gasteiger partial charge on any atom is 0.501 e. The molecule has 16 heteroatoms. The highest BCUT2D eigenvalue weighted by molar-refractivity contribution is 7.92. The van der Waals surface area contributed by atoms with Crippen LogP contribution >= 0.6 is 0 Å². The third-order valence-electron chi connectivity index (χ3n) is 8.57. The lowest BCUT2D eigenvalue weighted by molar-refractivity contribution is -0.150. The Labute approximate surface area is 262 Å². The van der Waals surface area contributed by atoms with Gasteiger partial charge in [-0.2, -0.15) is 13.2 Å². The van der Waals surface area contributed by atoms with Gasteiger partial charge in [-0.3, -0.25) is 14.4 Å². The Balaban J connectivity index is 1.51. The average molecular weight is 675 g/mol. The number of sulfone groups is 1. The minimum Gasteiger partial charge on any atom is -0.496 e. The van der Waals surface area contributed by atoms with Crippen LogP contribution in [0.15, 0.2) is 41.3 Å². The molecule has 0 spiro atoms. The third kappa shape index (κ3) is 7.38. The number of alkyl halides is 3. The second-order valence-electron chi connectivity index (χ2n) is 11.6. The molecule has 4 rings (SSSR count). The number of rotatable bonds is 10. The number of hydrogen-bond donors (Lipinski definition) is 3. The molecular weight excluding hydrogens is 640 g/mol. The smallest absolute Gasteiger partial charge is 0.496 e. The number of methoxy groups -OCH3 is 2. The molecule has 0 radical (unpaired) electrons. The van der Waals surface area contributed by atoms with Crippen molar-refractivity contribution in [1.29, 1.82) is 0 Å². The van der Waals surface area contributed by atoms with E-state index in [0.29, 0.717) is 31.7 Å². The van der Waals surface area contributed by atoms with E-state index in [4.69, 9.17) is 14.2 Å². The molecule has 3 atom stereocenters. The van der Waals surface area contributed by atoms with Gasteiger partial charge in [0.15, 0.2) is 11.6 Å². The predicted octanol–water partition coefficient (Wildman–Crippen LogP) is 4.70. The zero-order chi connectivity index (χ0) is 34.0. The SMILES string of the molecule is COc1cc(F)c(O[C@H]2CC[C@@](C)(C(=O)O)CC2)cc1C(=O)N[C@H]1C[C@@H](OC)C[C@H]1C(=O)Nc1cccc(S(=O)(=O)C(F)(F)F)c1. The van der Waals surface area contributed by atoms with Crippen molar-refractivity contribution in [1.82, 2.24) is 5.32 Å². The highest BCUT2D eigenvalue weighted by Crippen LogP contribution is 2.39. The van der Waals surface area contributed by atoms with Crippen LogP contribution in [-0.4, -0.2) is 69.3 Å². The molecule has 252 valence electrons. The lowest BCUT2D eigenvalue weighted by Crippen LogP contribution is -2.42. The molecule has 0 aromatic heterocycles. The van der Waals surface area contributed by atoms with Crippen molar-refractivity contribution in [3.63, 3.8) is 0 Å². The van der Waals surface area contributed by atoms with Gasteiger partial charge in [-0.05, 0) is 69.7 Å². The van der Waals surface area contributed by atoms with Crippen molar-refractivity contribution in [2.45, 2.75) is 74.1 Å². The second-order valence-corrected chi connectivity index (χ2v) is 13.6. The lowest BCUT2D eigenvalue weighted by Gasteiger charge is -2.34. The molecule has 0 saturated heterocycles. The van der Waals surface area contributed by atoms with Crippen molar-refractivity contribution in [3.8, 4) is 11.5 Å². The summed E-state index contributed by atoms with van der Waals surface area (Å²) in [4.78, 5) is 37.3. The molecule has 2 saturated carbocycles. The monoisotopic (exact) mass is 674 g/mol. The highest BCUT2D eigenvalue weighted by atomic mass is 32.2. The Morgan fingerprint density at radius 1 is 1.00 bits per heavy atom. The maximum atomic E-state index is 15.0. The van der Waals surface area contributed by atoms with E-state index in [1.807, 2.05) is 0 Å². The molecule has 2 amide bonds. The Morgan fingerprint density at radius 3 is 2.26 bits per heavy atom. The van der Waals surface area contributed by atoms with E-state index >= 15 is 0 Å². The maximum absolute atomic E-state index is 15.0. The number of carboxylic acids is 1. The van der Waals surface area contributed by atoms with Crippen LogP contribution in [0.25, 0.3) is 0 Å². The quantitative estimate of drug-likeness (QED) is 0.304. The first-order valence-corrected chi connectivity index (χ1v) is 15.8. The first kappa shape index (κ1) is 34.9. The number of halogens is 4. The van der Waals surface area contributed by atoms with Gasteiger partial charge in [-0.15, -0.1) is 0 Å². The van der Waals surface area contributed by atoms with Crippen molar-refractivity contribution in [2.24, 2.45) is 11.3 Å². The van der Waals surface area contributed by atoms with Gasteiger partial charge < -0.3 is 30.0 Å². The summed E-state index contributed by atoms with van der Waals surface area (Å²) in [7, 11) is -3.01. The van der Waals surface area contributed by atoms with Crippen LogP contribution in [-0.2, 0) is 24.2 Å². The minimum atomic E-state index is -5.66. The third-order valence-corrected chi connectivity index (χ3v) is 10.1. The van der Waals surface area contributed by atoms with Crippen LogP contribution in [0.5, 0.6) is 11.5 Å². The highest BCUT2D eigenvalue weighted by Gasteiger charge is 2.47. The largest absolute Gasteiger partial charge is 0.501 e. The van der Waals surface area contributed by atoms with E-state index in [1.165, 1.54) is 26.4 Å². The van der Waals surface area contributed by atoms with Crippen LogP contribution in [0, 0.1) is 17.2 Å². The number of ether oxygens (including phenoxy) is 3. The molecule has 0 heterocycles. The predicted molar refractivity (Wildman–Crippen MR) is 155 cm³/mol. The molecule has 0 aliphatic heterocycles. The first-order chi connectivity index (χ1) is 21.5. The fraction of sp³-hybridized carbons (Fsp3) is 0.500. The lowest BCUT2D eigenvalue weighted by atomic mass is 9.75. The topological polar surface area (TPSA) is 157 Å². The number of benzene rings is 2. The molecule has 2 aromatic rings. The molecule has 2 aromatic carbocycles. The molecule has 46 heavy (non-hydrogen) atoms. The van der Waals surface area contributed by atoms with Crippen LogP contribution in [0.4, 0.5) is 23.2 Å². The number of hydrogen-bond acceptors (Lipinski definition) is 8. The zero-order valence-corrected chi connectivity index (χ0v) is 26.0. The van der Waals surface area contributed by atoms with Crippen LogP contribution in [0.1, 0.15) is 55.8 Å². The molecule has 0 unspecified atom stereocenters. The first-order valence-electron chi connectivity index (χ1n) is 14.3. The van der Waals surface area contributed by atoms with Crippen molar-refractivity contribution < 1.29 is 59.7 Å².